The van der Waals surface area contributed by atoms with E-state index in [0.29, 0.717) is 5.92 Å². The van der Waals surface area contributed by atoms with Gasteiger partial charge in [-0.1, -0.05) is 6.07 Å². The van der Waals surface area contributed by atoms with Gasteiger partial charge in [-0.3, -0.25) is 0 Å². The molecule has 2 N–H and O–H groups in total. The second-order valence-corrected chi connectivity index (χ2v) is 4.78. The first-order valence-electron chi connectivity index (χ1n) is 6.37. The summed E-state index contributed by atoms with van der Waals surface area (Å²) in [6.07, 6.45) is 6.44. The van der Waals surface area contributed by atoms with Crippen molar-refractivity contribution in [3.05, 3.63) is 42.2 Å². The molecule has 0 aliphatic carbocycles. The van der Waals surface area contributed by atoms with Crippen molar-refractivity contribution in [1.82, 2.24) is 15.1 Å². The SMILES string of the molecule is Oc1cccc(-n2cc(C3CCCNC3)cn2)c1. The third-order valence-corrected chi connectivity index (χ3v) is 3.47. The molecule has 1 unspecified atom stereocenters. The first-order chi connectivity index (χ1) is 8.83. The van der Waals surface area contributed by atoms with Crippen molar-refractivity contribution in [2.75, 3.05) is 13.1 Å². The van der Waals surface area contributed by atoms with Gasteiger partial charge in [-0.05, 0) is 43.0 Å². The van der Waals surface area contributed by atoms with Crippen LogP contribution in [-0.4, -0.2) is 28.0 Å². The smallest absolute Gasteiger partial charge is 0.117 e. The van der Waals surface area contributed by atoms with E-state index in [2.05, 4.69) is 16.6 Å². The Kier molecular flexibility index (Phi) is 3.02. The Morgan fingerprint density at radius 3 is 3.11 bits per heavy atom. The van der Waals surface area contributed by atoms with Crippen LogP contribution in [0.15, 0.2) is 36.7 Å². The van der Waals surface area contributed by atoms with Crippen molar-refractivity contribution >= 4 is 0 Å². The summed E-state index contributed by atoms with van der Waals surface area (Å²) in [5.41, 5.74) is 2.16. The monoisotopic (exact) mass is 243 g/mol. The van der Waals surface area contributed by atoms with Gasteiger partial charge < -0.3 is 10.4 Å². The van der Waals surface area contributed by atoms with Gasteiger partial charge in [-0.2, -0.15) is 5.10 Å². The second kappa shape index (κ2) is 4.82. The Bertz CT molecular complexity index is 529. The number of phenolic OH excluding ortho intramolecular Hbond substituents is 1. The molecule has 94 valence electrons. The molecule has 0 bridgehead atoms. The second-order valence-electron chi connectivity index (χ2n) is 4.78. The summed E-state index contributed by atoms with van der Waals surface area (Å²) in [6, 6.07) is 7.15. The molecule has 4 heteroatoms. The topological polar surface area (TPSA) is 50.1 Å². The third kappa shape index (κ3) is 2.24. The first-order valence-corrected chi connectivity index (χ1v) is 6.37. The molecule has 0 radical (unpaired) electrons. The van der Waals surface area contributed by atoms with Crippen LogP contribution in [0.2, 0.25) is 0 Å². The minimum atomic E-state index is 0.267. The standard InChI is InChI=1S/C14H17N3O/c18-14-5-1-4-13(7-14)17-10-12(9-16-17)11-3-2-6-15-8-11/h1,4-5,7,9-11,15,18H,2-3,6,8H2. The molecule has 3 rings (SSSR count). The number of rotatable bonds is 2. The van der Waals surface area contributed by atoms with Crippen LogP contribution in [0.4, 0.5) is 0 Å². The predicted octanol–water partition coefficient (Wildman–Crippen LogP) is 2.04. The molecule has 0 amide bonds. The molecule has 18 heavy (non-hydrogen) atoms. The summed E-state index contributed by atoms with van der Waals surface area (Å²) in [7, 11) is 0. The molecular formula is C14H17N3O. The Balaban J connectivity index is 1.84. The number of aromatic hydroxyl groups is 1. The van der Waals surface area contributed by atoms with Gasteiger partial charge in [0.1, 0.15) is 5.75 Å². The fourth-order valence-corrected chi connectivity index (χ4v) is 2.46. The maximum absolute atomic E-state index is 9.48. The molecule has 0 saturated carbocycles. The van der Waals surface area contributed by atoms with Crippen molar-refractivity contribution in [2.24, 2.45) is 0 Å². The molecule has 1 atom stereocenters. The molecule has 1 aliphatic heterocycles. The number of phenols is 1. The fourth-order valence-electron chi connectivity index (χ4n) is 2.46. The summed E-state index contributed by atoms with van der Waals surface area (Å²) in [6.45, 7) is 2.16. The average molecular weight is 243 g/mol. The maximum Gasteiger partial charge on any atom is 0.117 e. The molecule has 4 nitrogen and oxygen atoms in total. The van der Waals surface area contributed by atoms with E-state index >= 15 is 0 Å². The lowest BCUT2D eigenvalue weighted by molar-refractivity contribution is 0.461. The van der Waals surface area contributed by atoms with E-state index in [1.165, 1.54) is 18.4 Å². The molecular weight excluding hydrogens is 226 g/mol. The summed E-state index contributed by atoms with van der Waals surface area (Å²) < 4.78 is 1.82. The van der Waals surface area contributed by atoms with Crippen molar-refractivity contribution in [3.63, 3.8) is 0 Å². The minimum absolute atomic E-state index is 0.267. The molecule has 1 aliphatic rings. The largest absolute Gasteiger partial charge is 0.508 e. The zero-order chi connectivity index (χ0) is 12.4. The van der Waals surface area contributed by atoms with Gasteiger partial charge in [-0.25, -0.2) is 4.68 Å². The Hall–Kier alpha value is -1.81. The molecule has 1 fully saturated rings. The highest BCUT2D eigenvalue weighted by Gasteiger charge is 2.16. The number of nitrogens with one attached hydrogen (secondary N) is 1. The summed E-state index contributed by atoms with van der Waals surface area (Å²) in [5.74, 6) is 0.827. The zero-order valence-electron chi connectivity index (χ0n) is 10.2. The van der Waals surface area contributed by atoms with Crippen LogP contribution in [0, 0.1) is 0 Å². The lowest BCUT2D eigenvalue weighted by atomic mass is 9.94. The van der Waals surface area contributed by atoms with Gasteiger partial charge in [0.2, 0.25) is 0 Å². The summed E-state index contributed by atoms with van der Waals surface area (Å²) >= 11 is 0. The number of aromatic nitrogens is 2. The molecule has 1 aromatic carbocycles. The highest BCUT2D eigenvalue weighted by atomic mass is 16.3. The summed E-state index contributed by atoms with van der Waals surface area (Å²) in [4.78, 5) is 0. The Morgan fingerprint density at radius 1 is 1.39 bits per heavy atom. The van der Waals surface area contributed by atoms with E-state index in [0.717, 1.165) is 18.8 Å². The van der Waals surface area contributed by atoms with Gasteiger partial charge in [-0.15, -0.1) is 0 Å². The van der Waals surface area contributed by atoms with Crippen molar-refractivity contribution in [2.45, 2.75) is 18.8 Å². The van der Waals surface area contributed by atoms with Crippen molar-refractivity contribution < 1.29 is 5.11 Å². The number of nitrogens with zero attached hydrogens (tertiary/aromatic N) is 2. The third-order valence-electron chi connectivity index (χ3n) is 3.47. The van der Waals surface area contributed by atoms with Crippen LogP contribution in [0.5, 0.6) is 5.75 Å². The lowest BCUT2D eigenvalue weighted by Crippen LogP contribution is -2.28. The van der Waals surface area contributed by atoms with Gasteiger partial charge in [0, 0.05) is 18.8 Å². The van der Waals surface area contributed by atoms with E-state index in [9.17, 15) is 5.11 Å². The van der Waals surface area contributed by atoms with E-state index in [4.69, 9.17) is 0 Å². The zero-order valence-corrected chi connectivity index (χ0v) is 10.2. The van der Waals surface area contributed by atoms with Crippen LogP contribution in [0.1, 0.15) is 24.3 Å². The van der Waals surface area contributed by atoms with Crippen LogP contribution in [-0.2, 0) is 0 Å². The van der Waals surface area contributed by atoms with E-state index in [1.807, 2.05) is 23.0 Å². The normalized spacial score (nSPS) is 19.9. The van der Waals surface area contributed by atoms with Crippen molar-refractivity contribution in [3.8, 4) is 11.4 Å². The predicted molar refractivity (Wildman–Crippen MR) is 70.1 cm³/mol. The highest BCUT2D eigenvalue weighted by molar-refractivity contribution is 5.38. The molecule has 2 aromatic rings. The Morgan fingerprint density at radius 2 is 2.33 bits per heavy atom. The fraction of sp³-hybridized carbons (Fsp3) is 0.357. The molecule has 1 aromatic heterocycles. The molecule has 1 saturated heterocycles. The van der Waals surface area contributed by atoms with E-state index < -0.39 is 0 Å². The molecule has 0 spiro atoms. The van der Waals surface area contributed by atoms with Crippen molar-refractivity contribution in [1.29, 1.82) is 0 Å². The van der Waals surface area contributed by atoms with E-state index in [1.54, 1.807) is 12.1 Å². The van der Waals surface area contributed by atoms with Gasteiger partial charge in [0.05, 0.1) is 11.9 Å². The van der Waals surface area contributed by atoms with Crippen LogP contribution >= 0.6 is 0 Å². The number of hydrogen-bond acceptors (Lipinski definition) is 3. The molecule has 2 heterocycles. The average Bonchev–Trinajstić information content (AvgIpc) is 2.89. The van der Waals surface area contributed by atoms with Crippen LogP contribution in [0.25, 0.3) is 5.69 Å². The van der Waals surface area contributed by atoms with Gasteiger partial charge in [0.15, 0.2) is 0 Å². The lowest BCUT2D eigenvalue weighted by Gasteiger charge is -2.21. The minimum Gasteiger partial charge on any atom is -0.508 e. The number of piperidine rings is 1. The highest BCUT2D eigenvalue weighted by Crippen LogP contribution is 2.24. The van der Waals surface area contributed by atoms with Gasteiger partial charge in [0.25, 0.3) is 0 Å². The van der Waals surface area contributed by atoms with Gasteiger partial charge >= 0.3 is 0 Å². The quantitative estimate of drug-likeness (QED) is 0.848. The number of benzene rings is 1. The van der Waals surface area contributed by atoms with Crippen LogP contribution in [0.3, 0.4) is 0 Å². The number of hydrogen-bond donors (Lipinski definition) is 2. The maximum atomic E-state index is 9.48. The van der Waals surface area contributed by atoms with Crippen LogP contribution < -0.4 is 5.32 Å². The van der Waals surface area contributed by atoms with E-state index in [-0.39, 0.29) is 5.75 Å². The summed E-state index contributed by atoms with van der Waals surface area (Å²) in [5, 5.41) is 17.3. The Labute approximate surface area is 106 Å². The first kappa shape index (κ1) is 11.3.